The second-order valence-corrected chi connectivity index (χ2v) is 3.64. The number of anilines is 1. The van der Waals surface area contributed by atoms with Gasteiger partial charge in [0.15, 0.2) is 0 Å². The van der Waals surface area contributed by atoms with Crippen LogP contribution < -0.4 is 10.1 Å². The molecule has 0 aliphatic heterocycles. The maximum absolute atomic E-state index is 8.73. The second kappa shape index (κ2) is 6.26. The van der Waals surface area contributed by atoms with Crippen LogP contribution in [0.1, 0.15) is 5.56 Å². The number of methoxy groups -OCH3 is 1. The number of nitriles is 1. The number of hydrogen-bond donors (Lipinski definition) is 1. The minimum atomic E-state index is 0.410. The van der Waals surface area contributed by atoms with Crippen LogP contribution in [0.5, 0.6) is 5.75 Å². The maximum atomic E-state index is 8.73. The normalized spacial score (nSPS) is 10.8. The first-order chi connectivity index (χ1) is 7.71. The van der Waals surface area contributed by atoms with E-state index in [1.807, 2.05) is 6.07 Å². The summed E-state index contributed by atoms with van der Waals surface area (Å²) in [6, 6.07) is 7.15. The van der Waals surface area contributed by atoms with Gasteiger partial charge in [0.25, 0.3) is 0 Å². The second-order valence-electron chi connectivity index (χ2n) is 2.94. The molecule has 0 atom stereocenters. The monoisotopic (exact) mass is 256 g/mol. The number of ether oxygens (including phenoxy) is 1. The van der Waals surface area contributed by atoms with Crippen molar-refractivity contribution in [3.63, 3.8) is 0 Å². The van der Waals surface area contributed by atoms with Crippen LogP contribution in [0.4, 0.5) is 5.69 Å². The molecular weight excluding hydrogens is 247 g/mol. The summed E-state index contributed by atoms with van der Waals surface area (Å²) in [5, 5.41) is 12.3. The third kappa shape index (κ3) is 3.34. The van der Waals surface area contributed by atoms with Crippen LogP contribution >= 0.6 is 23.2 Å². The first kappa shape index (κ1) is 12.7. The smallest absolute Gasteiger partial charge is 0.143 e. The van der Waals surface area contributed by atoms with Crippen molar-refractivity contribution < 1.29 is 4.74 Å². The lowest BCUT2D eigenvalue weighted by molar-refractivity contribution is 0.416. The summed E-state index contributed by atoms with van der Waals surface area (Å²) in [6.07, 6.45) is 0. The minimum absolute atomic E-state index is 0.410. The minimum Gasteiger partial charge on any atom is -0.495 e. The van der Waals surface area contributed by atoms with Gasteiger partial charge in [-0.3, -0.25) is 0 Å². The topological polar surface area (TPSA) is 45.0 Å². The van der Waals surface area contributed by atoms with Crippen molar-refractivity contribution in [1.29, 1.82) is 5.26 Å². The molecule has 16 heavy (non-hydrogen) atoms. The fourth-order valence-corrected chi connectivity index (χ4v) is 1.27. The first-order valence-electron chi connectivity index (χ1n) is 4.48. The summed E-state index contributed by atoms with van der Waals surface area (Å²) in [4.78, 5) is 0. The highest BCUT2D eigenvalue weighted by molar-refractivity contribution is 6.36. The van der Waals surface area contributed by atoms with E-state index >= 15 is 0 Å². The van der Waals surface area contributed by atoms with Crippen LogP contribution in [-0.4, -0.2) is 13.7 Å². The SMILES string of the molecule is COc1cc(C#N)ccc1NC/C(Cl)=C/Cl. The van der Waals surface area contributed by atoms with Gasteiger partial charge < -0.3 is 10.1 Å². The molecular formula is C11H10Cl2N2O. The highest BCUT2D eigenvalue weighted by atomic mass is 35.5. The lowest BCUT2D eigenvalue weighted by Crippen LogP contribution is -2.03. The molecule has 5 heteroatoms. The Morgan fingerprint density at radius 2 is 2.38 bits per heavy atom. The fourth-order valence-electron chi connectivity index (χ4n) is 1.13. The Morgan fingerprint density at radius 3 is 2.94 bits per heavy atom. The molecule has 0 fully saturated rings. The average molecular weight is 257 g/mol. The highest BCUT2D eigenvalue weighted by Crippen LogP contribution is 2.25. The Labute approximate surface area is 104 Å². The first-order valence-corrected chi connectivity index (χ1v) is 5.29. The predicted octanol–water partition coefficient (Wildman–Crippen LogP) is 3.30. The Bertz CT molecular complexity index is 438. The van der Waals surface area contributed by atoms with Crippen LogP contribution in [0.25, 0.3) is 0 Å². The molecule has 0 unspecified atom stereocenters. The summed E-state index contributed by atoms with van der Waals surface area (Å²) in [5.74, 6) is 0.595. The van der Waals surface area contributed by atoms with Gasteiger partial charge in [0.2, 0.25) is 0 Å². The van der Waals surface area contributed by atoms with E-state index in [-0.39, 0.29) is 0 Å². The van der Waals surface area contributed by atoms with Crippen molar-refractivity contribution in [2.45, 2.75) is 0 Å². The highest BCUT2D eigenvalue weighted by Gasteiger charge is 2.04. The van der Waals surface area contributed by atoms with Crippen LogP contribution in [0.2, 0.25) is 0 Å². The van der Waals surface area contributed by atoms with Crippen LogP contribution in [0.15, 0.2) is 28.8 Å². The van der Waals surface area contributed by atoms with E-state index in [0.29, 0.717) is 22.9 Å². The number of rotatable bonds is 4. The van der Waals surface area contributed by atoms with Crippen LogP contribution in [-0.2, 0) is 0 Å². The van der Waals surface area contributed by atoms with Gasteiger partial charge >= 0.3 is 0 Å². The maximum Gasteiger partial charge on any atom is 0.143 e. The van der Waals surface area contributed by atoms with Crippen molar-refractivity contribution >= 4 is 28.9 Å². The number of hydrogen-bond acceptors (Lipinski definition) is 3. The number of nitrogens with zero attached hydrogens (tertiary/aromatic N) is 1. The van der Waals surface area contributed by atoms with Crippen molar-refractivity contribution in [2.24, 2.45) is 0 Å². The van der Waals surface area contributed by atoms with Gasteiger partial charge in [0, 0.05) is 16.6 Å². The number of nitrogens with one attached hydrogen (secondary N) is 1. The van der Waals surface area contributed by atoms with Crippen molar-refractivity contribution in [2.75, 3.05) is 19.0 Å². The predicted molar refractivity (Wildman–Crippen MR) is 66.0 cm³/mol. The molecule has 1 aromatic rings. The van der Waals surface area contributed by atoms with E-state index in [4.69, 9.17) is 33.2 Å². The van der Waals surface area contributed by atoms with Gasteiger partial charge in [-0.1, -0.05) is 23.2 Å². The molecule has 0 aromatic heterocycles. The van der Waals surface area contributed by atoms with E-state index in [0.717, 1.165) is 5.69 Å². The van der Waals surface area contributed by atoms with E-state index in [9.17, 15) is 0 Å². The summed E-state index contributed by atoms with van der Waals surface area (Å²) < 4.78 is 5.14. The van der Waals surface area contributed by atoms with Gasteiger partial charge in [-0.2, -0.15) is 5.26 Å². The largest absolute Gasteiger partial charge is 0.495 e. The Kier molecular flexibility index (Phi) is 4.97. The third-order valence-electron chi connectivity index (χ3n) is 1.90. The van der Waals surface area contributed by atoms with Gasteiger partial charge in [-0.15, -0.1) is 0 Å². The zero-order chi connectivity index (χ0) is 12.0. The van der Waals surface area contributed by atoms with Crippen LogP contribution in [0, 0.1) is 11.3 Å². The summed E-state index contributed by atoms with van der Waals surface area (Å²) in [7, 11) is 1.54. The summed E-state index contributed by atoms with van der Waals surface area (Å²) >= 11 is 11.2. The molecule has 0 heterocycles. The van der Waals surface area contributed by atoms with Gasteiger partial charge in [0.1, 0.15) is 5.75 Å². The van der Waals surface area contributed by atoms with Crippen molar-refractivity contribution in [3.8, 4) is 11.8 Å². The molecule has 1 N–H and O–H groups in total. The van der Waals surface area contributed by atoms with E-state index in [1.54, 1.807) is 25.3 Å². The summed E-state index contributed by atoms with van der Waals surface area (Å²) in [6.45, 7) is 0.410. The molecule has 1 aromatic carbocycles. The Balaban J connectivity index is 2.84. The average Bonchev–Trinajstić information content (AvgIpc) is 2.35. The van der Waals surface area contributed by atoms with E-state index in [2.05, 4.69) is 5.32 Å². The zero-order valence-corrected chi connectivity index (χ0v) is 10.1. The molecule has 0 aliphatic carbocycles. The van der Waals surface area contributed by atoms with Crippen molar-refractivity contribution in [1.82, 2.24) is 0 Å². The molecule has 0 radical (unpaired) electrons. The fraction of sp³-hybridized carbons (Fsp3) is 0.182. The lowest BCUT2D eigenvalue weighted by atomic mass is 10.2. The molecule has 0 spiro atoms. The number of halogens is 2. The molecule has 0 saturated heterocycles. The molecule has 84 valence electrons. The van der Waals surface area contributed by atoms with E-state index < -0.39 is 0 Å². The third-order valence-corrected chi connectivity index (χ3v) is 2.51. The van der Waals surface area contributed by atoms with Gasteiger partial charge in [-0.25, -0.2) is 0 Å². The Hall–Kier alpha value is -1.37. The summed E-state index contributed by atoms with van der Waals surface area (Å²) in [5.41, 5.74) is 2.60. The van der Waals surface area contributed by atoms with Crippen molar-refractivity contribution in [3.05, 3.63) is 34.3 Å². The quantitative estimate of drug-likeness (QED) is 0.900. The molecule has 0 amide bonds. The molecule has 1 rings (SSSR count). The standard InChI is InChI=1S/C11H10Cl2N2O/c1-16-11-4-8(6-14)2-3-10(11)15-7-9(13)5-12/h2-5,15H,7H2,1H3/b9-5-. The molecule has 0 aliphatic rings. The molecule has 0 saturated carbocycles. The zero-order valence-electron chi connectivity index (χ0n) is 8.63. The van der Waals surface area contributed by atoms with Gasteiger partial charge in [0.05, 0.1) is 31.0 Å². The Morgan fingerprint density at radius 1 is 1.62 bits per heavy atom. The lowest BCUT2D eigenvalue weighted by Gasteiger charge is -2.10. The molecule has 0 bridgehead atoms. The van der Waals surface area contributed by atoms with Crippen LogP contribution in [0.3, 0.4) is 0 Å². The van der Waals surface area contributed by atoms with Gasteiger partial charge in [-0.05, 0) is 12.1 Å². The molecule has 3 nitrogen and oxygen atoms in total. The van der Waals surface area contributed by atoms with E-state index in [1.165, 1.54) is 5.54 Å². The number of benzene rings is 1.